The number of epoxide rings is 1. The maximum atomic E-state index is 13.0. The summed E-state index contributed by atoms with van der Waals surface area (Å²) < 4.78 is 11.9. The molecule has 5 aliphatic carbocycles. The molecular weight excluding hydrogens is 454 g/mol. The molecule has 6 rings (SSSR count). The lowest BCUT2D eigenvalue weighted by Gasteiger charge is -2.64. The van der Waals surface area contributed by atoms with Gasteiger partial charge in [0.25, 0.3) is 0 Å². The number of aliphatic hydroxyl groups is 1. The smallest absolute Gasteiger partial charge is 0.410 e. The van der Waals surface area contributed by atoms with E-state index in [0.717, 1.165) is 19.3 Å². The number of hydrogen-bond donors (Lipinski definition) is 1. The molecule has 5 saturated carbocycles. The average molecular weight is 502 g/mol. The first-order valence-electron chi connectivity index (χ1n) is 14.3. The minimum absolute atomic E-state index is 0.00983. The molecule has 6 nitrogen and oxygen atoms in total. The number of carbonyl (C=O) groups excluding carboxylic acids is 2. The Morgan fingerprint density at radius 1 is 1.00 bits per heavy atom. The molecule has 0 aromatic heterocycles. The molecule has 1 aliphatic heterocycles. The molecule has 2 unspecified atom stereocenters. The van der Waals surface area contributed by atoms with E-state index in [4.69, 9.17) is 9.47 Å². The Bertz CT molecular complexity index is 1020. The number of carbonyl (C=O) groups is 2. The largest absolute Gasteiger partial charge is 0.444 e. The van der Waals surface area contributed by atoms with Gasteiger partial charge in [0.15, 0.2) is 11.4 Å². The van der Waals surface area contributed by atoms with Crippen LogP contribution in [-0.4, -0.2) is 58.9 Å². The van der Waals surface area contributed by atoms with Gasteiger partial charge in [-0.1, -0.05) is 27.7 Å². The molecule has 9 atom stereocenters. The van der Waals surface area contributed by atoms with Crippen LogP contribution in [0.15, 0.2) is 0 Å². The summed E-state index contributed by atoms with van der Waals surface area (Å²) in [4.78, 5) is 27.9. The summed E-state index contributed by atoms with van der Waals surface area (Å²) in [6, 6.07) is 0.180. The summed E-state index contributed by atoms with van der Waals surface area (Å²) in [5.74, 6) is 1.11. The van der Waals surface area contributed by atoms with E-state index >= 15 is 0 Å². The third kappa shape index (κ3) is 2.62. The van der Waals surface area contributed by atoms with Gasteiger partial charge in [0.05, 0.1) is 6.10 Å². The number of ketones is 1. The molecule has 36 heavy (non-hydrogen) atoms. The van der Waals surface area contributed by atoms with Crippen LogP contribution in [0.1, 0.15) is 99.8 Å². The van der Waals surface area contributed by atoms with Crippen molar-refractivity contribution in [3.05, 3.63) is 0 Å². The summed E-state index contributed by atoms with van der Waals surface area (Å²) in [5.41, 5.74) is -0.621. The Labute approximate surface area is 216 Å². The molecule has 0 aromatic rings. The van der Waals surface area contributed by atoms with Crippen LogP contribution in [0, 0.1) is 38.9 Å². The van der Waals surface area contributed by atoms with Gasteiger partial charge in [-0.2, -0.15) is 0 Å². The zero-order chi connectivity index (χ0) is 26.3. The van der Waals surface area contributed by atoms with Crippen molar-refractivity contribution < 1.29 is 24.2 Å². The predicted octanol–water partition coefficient (Wildman–Crippen LogP) is 5.35. The van der Waals surface area contributed by atoms with Crippen LogP contribution < -0.4 is 0 Å². The van der Waals surface area contributed by atoms with Crippen LogP contribution in [0.5, 0.6) is 0 Å². The standard InChI is InChI=1S/C30H47NO5/c1-24(2,3)36-23(34)31(8)20-11-12-28-17-29(28)14-13-27(7)26(6,15-22-30(27,35-22)21(33)16-32)19(29)10-9-18(28)25(20,4)5/h18-20,22,32H,9-17H2,1-8H3/t18-,19-,20-,22?,26-,27-,28+,29-,30?/m0/s1. The molecule has 1 heterocycles. The molecule has 6 heteroatoms. The second-order valence-corrected chi connectivity index (χ2v) is 15.5. The van der Waals surface area contributed by atoms with Crippen molar-refractivity contribution in [2.45, 2.75) is 123 Å². The molecule has 0 radical (unpaired) electrons. The van der Waals surface area contributed by atoms with Gasteiger partial charge in [0.1, 0.15) is 12.2 Å². The fourth-order valence-electron chi connectivity index (χ4n) is 11.6. The van der Waals surface area contributed by atoms with E-state index in [1.54, 1.807) is 0 Å². The third-order valence-corrected chi connectivity index (χ3v) is 13.2. The van der Waals surface area contributed by atoms with Gasteiger partial charge >= 0.3 is 6.09 Å². The summed E-state index contributed by atoms with van der Waals surface area (Å²) >= 11 is 0. The van der Waals surface area contributed by atoms with E-state index in [-0.39, 0.29) is 40.3 Å². The van der Waals surface area contributed by atoms with Crippen LogP contribution in [-0.2, 0) is 14.3 Å². The quantitative estimate of drug-likeness (QED) is 0.527. The highest BCUT2D eigenvalue weighted by Crippen LogP contribution is 2.90. The summed E-state index contributed by atoms with van der Waals surface area (Å²) in [5, 5.41) is 9.78. The van der Waals surface area contributed by atoms with Gasteiger partial charge in [-0.25, -0.2) is 4.79 Å². The predicted molar refractivity (Wildman–Crippen MR) is 136 cm³/mol. The molecule has 0 bridgehead atoms. The monoisotopic (exact) mass is 501 g/mol. The van der Waals surface area contributed by atoms with Gasteiger partial charge in [-0.05, 0) is 106 Å². The zero-order valence-corrected chi connectivity index (χ0v) is 23.7. The number of ether oxygens (including phenoxy) is 2. The maximum Gasteiger partial charge on any atom is 0.410 e. The van der Waals surface area contributed by atoms with Crippen LogP contribution >= 0.6 is 0 Å². The van der Waals surface area contributed by atoms with Crippen molar-refractivity contribution in [3.8, 4) is 0 Å². The maximum absolute atomic E-state index is 13.0. The van der Waals surface area contributed by atoms with E-state index in [0.29, 0.717) is 22.7 Å². The second kappa shape index (κ2) is 6.89. The number of hydrogen-bond acceptors (Lipinski definition) is 5. The fourth-order valence-corrected chi connectivity index (χ4v) is 11.6. The van der Waals surface area contributed by atoms with Crippen LogP contribution in [0.4, 0.5) is 4.79 Å². The minimum atomic E-state index is -0.746. The fraction of sp³-hybridized carbons (Fsp3) is 0.933. The van der Waals surface area contributed by atoms with Crippen molar-refractivity contribution in [3.63, 3.8) is 0 Å². The molecule has 1 amide bonds. The Balaban J connectivity index is 1.28. The Kier molecular flexibility index (Phi) is 4.81. The number of Topliss-reactive ketones (excluding diaryl/α,β-unsaturated/α-hetero) is 1. The highest BCUT2D eigenvalue weighted by Gasteiger charge is 2.89. The molecular formula is C30H47NO5. The summed E-state index contributed by atoms with van der Waals surface area (Å²) in [6.07, 6.45) is 8.82. The van der Waals surface area contributed by atoms with E-state index in [1.807, 2.05) is 32.7 Å². The second-order valence-electron chi connectivity index (χ2n) is 15.5. The molecule has 1 N–H and O–H groups in total. The Hall–Kier alpha value is -1.14. The summed E-state index contributed by atoms with van der Waals surface area (Å²) in [6.45, 7) is 15.0. The van der Waals surface area contributed by atoms with Crippen molar-refractivity contribution in [1.29, 1.82) is 0 Å². The number of nitrogens with zero attached hydrogens (tertiary/aromatic N) is 1. The van der Waals surface area contributed by atoms with Crippen molar-refractivity contribution >= 4 is 11.9 Å². The first kappa shape index (κ1) is 25.2. The van der Waals surface area contributed by atoms with Crippen molar-refractivity contribution in [2.75, 3.05) is 13.7 Å². The van der Waals surface area contributed by atoms with Gasteiger partial charge in [-0.15, -0.1) is 0 Å². The van der Waals surface area contributed by atoms with E-state index in [9.17, 15) is 14.7 Å². The first-order chi connectivity index (χ1) is 16.6. The van der Waals surface area contributed by atoms with Crippen LogP contribution in [0.25, 0.3) is 0 Å². The van der Waals surface area contributed by atoms with E-state index < -0.39 is 17.8 Å². The molecule has 1 saturated heterocycles. The molecule has 6 aliphatic rings. The SMILES string of the molecule is CN(C(=O)OC(C)(C)C)[C@H]1CC[C@]23C[C@]24CC[C@]2(C)C5(C(=O)CO)OC5C[C@@]2(C)[C@@H]4CC[C@H]3C1(C)C. The number of aliphatic hydroxyl groups excluding tert-OH is 1. The van der Waals surface area contributed by atoms with Gasteiger partial charge < -0.3 is 19.5 Å². The molecule has 6 fully saturated rings. The lowest BCUT2D eigenvalue weighted by molar-refractivity contribution is -0.176. The minimum Gasteiger partial charge on any atom is -0.444 e. The Morgan fingerprint density at radius 3 is 2.28 bits per heavy atom. The lowest BCUT2D eigenvalue weighted by Crippen LogP contribution is -2.62. The van der Waals surface area contributed by atoms with E-state index in [1.165, 1.54) is 32.1 Å². The number of amides is 1. The van der Waals surface area contributed by atoms with Crippen molar-refractivity contribution in [2.24, 2.45) is 38.9 Å². The molecule has 0 aromatic carbocycles. The average Bonchev–Trinajstić information content (AvgIpc) is 3.64. The highest BCUT2D eigenvalue weighted by molar-refractivity contribution is 5.93. The van der Waals surface area contributed by atoms with Crippen molar-refractivity contribution in [1.82, 2.24) is 4.90 Å². The number of rotatable bonds is 3. The summed E-state index contributed by atoms with van der Waals surface area (Å²) in [7, 11) is 1.93. The van der Waals surface area contributed by atoms with Gasteiger partial charge in [-0.3, -0.25) is 4.79 Å². The third-order valence-electron chi connectivity index (χ3n) is 13.2. The van der Waals surface area contributed by atoms with Crippen LogP contribution in [0.3, 0.4) is 0 Å². The number of fused-ring (bicyclic) bond motifs is 4. The highest BCUT2D eigenvalue weighted by atomic mass is 16.6. The normalized spacial score (nSPS) is 51.6. The zero-order valence-electron chi connectivity index (χ0n) is 23.7. The first-order valence-corrected chi connectivity index (χ1v) is 14.3. The van der Waals surface area contributed by atoms with Gasteiger partial charge in [0.2, 0.25) is 0 Å². The van der Waals surface area contributed by atoms with E-state index in [2.05, 4.69) is 27.7 Å². The molecule has 2 spiro atoms. The Morgan fingerprint density at radius 2 is 1.64 bits per heavy atom. The van der Waals surface area contributed by atoms with Crippen LogP contribution in [0.2, 0.25) is 0 Å². The topological polar surface area (TPSA) is 79.4 Å². The van der Waals surface area contributed by atoms with Gasteiger partial charge in [0, 0.05) is 18.5 Å². The molecule has 202 valence electrons. The lowest BCUT2D eigenvalue weighted by atomic mass is 9.41.